The fraction of sp³-hybridized carbons (Fsp3) is 0.407. The van der Waals surface area contributed by atoms with Crippen LogP contribution in [-0.4, -0.2) is 44.6 Å². The molecule has 2 fully saturated rings. The van der Waals surface area contributed by atoms with Gasteiger partial charge in [-0.05, 0) is 61.4 Å². The van der Waals surface area contributed by atoms with Gasteiger partial charge in [-0.15, -0.1) is 0 Å². The first-order chi connectivity index (χ1) is 17.8. The van der Waals surface area contributed by atoms with Gasteiger partial charge in [0.05, 0.1) is 5.56 Å². The molecule has 3 aromatic rings. The summed E-state index contributed by atoms with van der Waals surface area (Å²) in [4.78, 5) is 31.5. The molecule has 0 radical (unpaired) electrons. The van der Waals surface area contributed by atoms with Crippen molar-refractivity contribution in [2.75, 3.05) is 18.4 Å². The van der Waals surface area contributed by atoms with E-state index in [-0.39, 0.29) is 11.7 Å². The Hall–Kier alpha value is -3.69. The van der Waals surface area contributed by atoms with Crippen LogP contribution in [0.15, 0.2) is 54.9 Å². The number of nitrogens with zero attached hydrogens (tertiary/aromatic N) is 4. The standard InChI is InChI=1S/C27H28F3N5O2/c28-27(29,30)24-22(17-35(33-24)23-7-3-4-14-31-23)25(36)32-21-10-8-18(9-11-21)19-12-15-34(16-13-19)26(37)20-5-1-2-6-20/h3-4,7-11,14,17,19-20H,1-2,5-6,12-13,15-16H2,(H,32,36). The third-order valence-corrected chi connectivity index (χ3v) is 7.26. The third kappa shape index (κ3) is 5.52. The van der Waals surface area contributed by atoms with Crippen molar-refractivity contribution in [1.29, 1.82) is 0 Å². The molecule has 194 valence electrons. The molecule has 1 N–H and O–H groups in total. The van der Waals surface area contributed by atoms with Crippen molar-refractivity contribution in [3.63, 3.8) is 0 Å². The lowest BCUT2D eigenvalue weighted by atomic mass is 9.88. The topological polar surface area (TPSA) is 80.1 Å². The van der Waals surface area contributed by atoms with Crippen LogP contribution >= 0.6 is 0 Å². The molecule has 1 saturated carbocycles. The lowest BCUT2D eigenvalue weighted by molar-refractivity contribution is -0.141. The van der Waals surface area contributed by atoms with Crippen molar-refractivity contribution in [3.05, 3.63) is 71.7 Å². The molecular formula is C27H28F3N5O2. The highest BCUT2D eigenvalue weighted by atomic mass is 19.4. The van der Waals surface area contributed by atoms with Gasteiger partial charge in [-0.2, -0.15) is 18.3 Å². The van der Waals surface area contributed by atoms with E-state index in [1.165, 1.54) is 12.3 Å². The number of hydrogen-bond acceptors (Lipinski definition) is 4. The predicted molar refractivity (Wildman–Crippen MR) is 131 cm³/mol. The maximum Gasteiger partial charge on any atom is 0.435 e. The van der Waals surface area contributed by atoms with Gasteiger partial charge in [0.2, 0.25) is 5.91 Å². The van der Waals surface area contributed by atoms with Gasteiger partial charge in [0, 0.05) is 37.1 Å². The predicted octanol–water partition coefficient (Wildman–Crippen LogP) is 5.43. The SMILES string of the molecule is O=C(Nc1ccc(C2CCN(C(=O)C3CCCC3)CC2)cc1)c1cn(-c2ccccn2)nc1C(F)(F)F. The molecule has 2 amide bonds. The Morgan fingerprint density at radius 3 is 2.27 bits per heavy atom. The number of benzene rings is 1. The van der Waals surface area contributed by atoms with E-state index in [0.29, 0.717) is 17.5 Å². The molecular weight excluding hydrogens is 483 g/mol. The molecule has 5 rings (SSSR count). The molecule has 0 unspecified atom stereocenters. The van der Waals surface area contributed by atoms with Gasteiger partial charge in [-0.3, -0.25) is 9.59 Å². The molecule has 2 aliphatic rings. The molecule has 0 spiro atoms. The van der Waals surface area contributed by atoms with Gasteiger partial charge < -0.3 is 10.2 Å². The number of anilines is 1. The number of amides is 2. The molecule has 10 heteroatoms. The summed E-state index contributed by atoms with van der Waals surface area (Å²) >= 11 is 0. The Balaban J connectivity index is 1.24. The smallest absolute Gasteiger partial charge is 0.342 e. The second-order valence-electron chi connectivity index (χ2n) is 9.68. The molecule has 1 aliphatic carbocycles. The number of carbonyl (C=O) groups excluding carboxylic acids is 2. The van der Waals surface area contributed by atoms with Crippen LogP contribution in [0.5, 0.6) is 0 Å². The van der Waals surface area contributed by atoms with E-state index in [9.17, 15) is 22.8 Å². The summed E-state index contributed by atoms with van der Waals surface area (Å²) in [5.41, 5.74) is -0.376. The normalized spacial score (nSPS) is 17.2. The zero-order chi connectivity index (χ0) is 26.0. The summed E-state index contributed by atoms with van der Waals surface area (Å²) < 4.78 is 41.7. The average molecular weight is 512 g/mol. The lowest BCUT2D eigenvalue weighted by Crippen LogP contribution is -2.40. The van der Waals surface area contributed by atoms with Gasteiger partial charge in [-0.1, -0.05) is 31.0 Å². The van der Waals surface area contributed by atoms with Crippen LogP contribution in [-0.2, 0) is 11.0 Å². The van der Waals surface area contributed by atoms with Crippen molar-refractivity contribution in [3.8, 4) is 5.82 Å². The maximum absolute atomic E-state index is 13.6. The van der Waals surface area contributed by atoms with Crippen LogP contribution in [0.1, 0.15) is 66.1 Å². The second kappa shape index (κ2) is 10.4. The summed E-state index contributed by atoms with van der Waals surface area (Å²) in [6.45, 7) is 1.47. The minimum Gasteiger partial charge on any atom is -0.342 e. The van der Waals surface area contributed by atoms with Gasteiger partial charge in [0.25, 0.3) is 5.91 Å². The monoisotopic (exact) mass is 511 g/mol. The molecule has 1 aliphatic heterocycles. The average Bonchev–Trinajstić information content (AvgIpc) is 3.60. The number of nitrogens with one attached hydrogen (secondary N) is 1. The van der Waals surface area contributed by atoms with Gasteiger partial charge in [0.1, 0.15) is 0 Å². The zero-order valence-electron chi connectivity index (χ0n) is 20.2. The van der Waals surface area contributed by atoms with E-state index in [0.717, 1.165) is 68.1 Å². The first kappa shape index (κ1) is 25.0. The molecule has 0 bridgehead atoms. The van der Waals surface area contributed by atoms with E-state index < -0.39 is 23.3 Å². The number of piperidine rings is 1. The van der Waals surface area contributed by atoms with Gasteiger partial charge in [-0.25, -0.2) is 9.67 Å². The summed E-state index contributed by atoms with van der Waals surface area (Å²) in [5.74, 6) is 0.0474. The number of likely N-dealkylation sites (tertiary alicyclic amines) is 1. The summed E-state index contributed by atoms with van der Waals surface area (Å²) in [6.07, 6.45) is 3.68. The molecule has 1 saturated heterocycles. The maximum atomic E-state index is 13.6. The van der Waals surface area contributed by atoms with E-state index >= 15 is 0 Å². The fourth-order valence-corrected chi connectivity index (χ4v) is 5.26. The van der Waals surface area contributed by atoms with Crippen LogP contribution in [0, 0.1) is 5.92 Å². The van der Waals surface area contributed by atoms with Crippen LogP contribution in [0.3, 0.4) is 0 Å². The fourth-order valence-electron chi connectivity index (χ4n) is 5.26. The van der Waals surface area contributed by atoms with Crippen molar-refractivity contribution >= 4 is 17.5 Å². The first-order valence-corrected chi connectivity index (χ1v) is 12.6. The number of alkyl halides is 3. The largest absolute Gasteiger partial charge is 0.435 e. The van der Waals surface area contributed by atoms with Crippen LogP contribution in [0.25, 0.3) is 5.82 Å². The highest BCUT2D eigenvalue weighted by Gasteiger charge is 2.39. The molecule has 3 heterocycles. The Morgan fingerprint density at radius 2 is 1.65 bits per heavy atom. The Kier molecular flexibility index (Phi) is 6.99. The highest BCUT2D eigenvalue weighted by Crippen LogP contribution is 2.33. The molecule has 0 atom stereocenters. The molecule has 1 aromatic carbocycles. The van der Waals surface area contributed by atoms with Crippen LogP contribution in [0.2, 0.25) is 0 Å². The minimum atomic E-state index is -4.80. The zero-order valence-corrected chi connectivity index (χ0v) is 20.2. The summed E-state index contributed by atoms with van der Waals surface area (Å²) in [5, 5.41) is 6.13. The number of halogens is 3. The van der Waals surface area contributed by atoms with Crippen LogP contribution < -0.4 is 5.32 Å². The number of pyridine rings is 1. The quantitative estimate of drug-likeness (QED) is 0.495. The van der Waals surface area contributed by atoms with Gasteiger partial charge >= 0.3 is 6.18 Å². The van der Waals surface area contributed by atoms with Gasteiger partial charge in [0.15, 0.2) is 11.5 Å². The summed E-state index contributed by atoms with van der Waals surface area (Å²) in [7, 11) is 0. The number of rotatable bonds is 5. The van der Waals surface area contributed by atoms with Crippen LogP contribution in [0.4, 0.5) is 18.9 Å². The third-order valence-electron chi connectivity index (χ3n) is 7.26. The second-order valence-corrected chi connectivity index (χ2v) is 9.68. The molecule has 7 nitrogen and oxygen atoms in total. The Bertz CT molecular complexity index is 1240. The van der Waals surface area contributed by atoms with E-state index in [2.05, 4.69) is 15.4 Å². The molecule has 37 heavy (non-hydrogen) atoms. The number of aromatic nitrogens is 3. The highest BCUT2D eigenvalue weighted by molar-refractivity contribution is 6.05. The minimum absolute atomic E-state index is 0.174. The number of carbonyl (C=O) groups is 2. The van der Waals surface area contributed by atoms with E-state index in [4.69, 9.17) is 0 Å². The van der Waals surface area contributed by atoms with E-state index in [1.807, 2.05) is 17.0 Å². The van der Waals surface area contributed by atoms with E-state index in [1.54, 1.807) is 24.3 Å². The van der Waals surface area contributed by atoms with Crippen molar-refractivity contribution in [2.45, 2.75) is 50.6 Å². The molecule has 2 aromatic heterocycles. The lowest BCUT2D eigenvalue weighted by Gasteiger charge is -2.34. The number of hydrogen-bond donors (Lipinski definition) is 1. The first-order valence-electron chi connectivity index (χ1n) is 12.6. The Morgan fingerprint density at radius 1 is 0.946 bits per heavy atom. The van der Waals surface area contributed by atoms with Crippen molar-refractivity contribution in [1.82, 2.24) is 19.7 Å². The summed E-state index contributed by atoms with van der Waals surface area (Å²) in [6, 6.07) is 11.9. The van der Waals surface area contributed by atoms with Crippen molar-refractivity contribution in [2.24, 2.45) is 5.92 Å². The van der Waals surface area contributed by atoms with Crippen molar-refractivity contribution < 1.29 is 22.8 Å². The Labute approximate surface area is 212 Å².